The number of rotatable bonds is 5. The molecule has 1 aromatic carbocycles. The number of hydrogen-bond donors (Lipinski definition) is 3. The van der Waals surface area contributed by atoms with Crippen LogP contribution in [0.3, 0.4) is 0 Å². The lowest BCUT2D eigenvalue weighted by Gasteiger charge is -2.11. The standard InChI is InChI=1S/C12H15N3O4S/c1-18-7-3-4-8(9(5-7)19-2)15-12(17)11(16)14-6-10(13)20/h3-5H,6H2,1-2H3,(H2,13,20)(H,14,16)(H,15,17). The quantitative estimate of drug-likeness (QED) is 0.524. The monoisotopic (exact) mass is 297 g/mol. The fraction of sp³-hybridized carbons (Fsp3) is 0.250. The van der Waals surface area contributed by atoms with Crippen LogP contribution in [0, 0.1) is 0 Å². The van der Waals surface area contributed by atoms with Crippen LogP contribution >= 0.6 is 12.2 Å². The molecule has 0 fully saturated rings. The summed E-state index contributed by atoms with van der Waals surface area (Å²) in [6.45, 7) is -0.0403. The molecule has 20 heavy (non-hydrogen) atoms. The van der Waals surface area contributed by atoms with Crippen LogP contribution in [-0.2, 0) is 9.59 Å². The van der Waals surface area contributed by atoms with Crippen LogP contribution < -0.4 is 25.8 Å². The van der Waals surface area contributed by atoms with Gasteiger partial charge in [-0.3, -0.25) is 9.59 Å². The first-order valence-electron chi connectivity index (χ1n) is 5.57. The molecule has 0 aliphatic carbocycles. The highest BCUT2D eigenvalue weighted by molar-refractivity contribution is 7.80. The Labute approximate surface area is 121 Å². The van der Waals surface area contributed by atoms with Gasteiger partial charge in [0, 0.05) is 6.07 Å². The predicted molar refractivity (Wildman–Crippen MR) is 78.0 cm³/mol. The lowest BCUT2D eigenvalue weighted by Crippen LogP contribution is -2.39. The molecule has 0 saturated heterocycles. The van der Waals surface area contributed by atoms with E-state index in [-0.39, 0.29) is 11.5 Å². The number of carbonyl (C=O) groups excluding carboxylic acids is 2. The Balaban J connectivity index is 2.74. The van der Waals surface area contributed by atoms with Crippen LogP contribution in [0.25, 0.3) is 0 Å². The van der Waals surface area contributed by atoms with Gasteiger partial charge in [0.2, 0.25) is 0 Å². The second-order valence-corrected chi connectivity index (χ2v) is 4.19. The summed E-state index contributed by atoms with van der Waals surface area (Å²) in [7, 11) is 2.95. The molecular weight excluding hydrogens is 282 g/mol. The molecule has 0 aliphatic heterocycles. The fourth-order valence-corrected chi connectivity index (χ4v) is 1.40. The third kappa shape index (κ3) is 4.39. The molecule has 1 rings (SSSR count). The first kappa shape index (κ1) is 15.7. The molecule has 0 saturated carbocycles. The van der Waals surface area contributed by atoms with Crippen molar-refractivity contribution >= 4 is 34.7 Å². The van der Waals surface area contributed by atoms with Gasteiger partial charge in [-0.2, -0.15) is 0 Å². The zero-order chi connectivity index (χ0) is 15.1. The molecular formula is C12H15N3O4S. The van der Waals surface area contributed by atoms with Crippen LogP contribution in [0.4, 0.5) is 5.69 Å². The lowest BCUT2D eigenvalue weighted by molar-refractivity contribution is -0.135. The SMILES string of the molecule is COc1ccc(NC(=O)C(=O)NCC(N)=S)c(OC)c1. The number of thiocarbonyl (C=S) groups is 1. The fourth-order valence-electron chi connectivity index (χ4n) is 1.33. The largest absolute Gasteiger partial charge is 0.497 e. The summed E-state index contributed by atoms with van der Waals surface area (Å²) in [6, 6.07) is 4.78. The van der Waals surface area contributed by atoms with Crippen molar-refractivity contribution < 1.29 is 19.1 Å². The number of nitrogens with one attached hydrogen (secondary N) is 2. The summed E-state index contributed by atoms with van der Waals surface area (Å²) in [5.41, 5.74) is 5.57. The third-order valence-electron chi connectivity index (χ3n) is 2.29. The Kier molecular flexibility index (Phi) is 5.73. The van der Waals surface area contributed by atoms with Crippen molar-refractivity contribution in [2.75, 3.05) is 26.1 Å². The van der Waals surface area contributed by atoms with Crippen molar-refractivity contribution in [2.45, 2.75) is 0 Å². The number of carbonyl (C=O) groups is 2. The maximum atomic E-state index is 11.7. The number of benzene rings is 1. The first-order valence-corrected chi connectivity index (χ1v) is 5.98. The van der Waals surface area contributed by atoms with E-state index in [0.717, 1.165) is 0 Å². The van der Waals surface area contributed by atoms with Gasteiger partial charge in [-0.25, -0.2) is 0 Å². The van der Waals surface area contributed by atoms with E-state index in [9.17, 15) is 9.59 Å². The minimum Gasteiger partial charge on any atom is -0.497 e. The summed E-state index contributed by atoms with van der Waals surface area (Å²) in [5.74, 6) is -0.738. The zero-order valence-electron chi connectivity index (χ0n) is 11.1. The smallest absolute Gasteiger partial charge is 0.313 e. The van der Waals surface area contributed by atoms with E-state index in [4.69, 9.17) is 15.2 Å². The summed E-state index contributed by atoms with van der Waals surface area (Å²) >= 11 is 4.59. The highest BCUT2D eigenvalue weighted by atomic mass is 32.1. The number of nitrogens with two attached hydrogens (primary N) is 1. The second kappa shape index (κ2) is 7.29. The average molecular weight is 297 g/mol. The number of methoxy groups -OCH3 is 2. The minimum atomic E-state index is -0.843. The summed E-state index contributed by atoms with van der Waals surface area (Å²) in [6.07, 6.45) is 0. The molecule has 8 heteroatoms. The summed E-state index contributed by atoms with van der Waals surface area (Å²) in [4.78, 5) is 23.2. The molecule has 0 unspecified atom stereocenters. The van der Waals surface area contributed by atoms with E-state index in [1.54, 1.807) is 18.2 Å². The molecule has 2 amide bonds. The Morgan fingerprint density at radius 3 is 2.50 bits per heavy atom. The van der Waals surface area contributed by atoms with E-state index in [0.29, 0.717) is 17.2 Å². The number of amides is 2. The van der Waals surface area contributed by atoms with Crippen LogP contribution in [0.15, 0.2) is 18.2 Å². The molecule has 1 aromatic rings. The molecule has 0 radical (unpaired) electrons. The van der Waals surface area contributed by atoms with Gasteiger partial charge in [0.15, 0.2) is 0 Å². The molecule has 0 aliphatic rings. The minimum absolute atomic E-state index is 0.0403. The Morgan fingerprint density at radius 2 is 1.95 bits per heavy atom. The van der Waals surface area contributed by atoms with Crippen molar-refractivity contribution in [2.24, 2.45) is 5.73 Å². The summed E-state index contributed by atoms with van der Waals surface area (Å²) < 4.78 is 10.1. The van der Waals surface area contributed by atoms with Crippen molar-refractivity contribution in [1.29, 1.82) is 0 Å². The summed E-state index contributed by atoms with van der Waals surface area (Å²) in [5, 5.41) is 4.70. The van der Waals surface area contributed by atoms with Gasteiger partial charge in [0.05, 0.1) is 31.4 Å². The van der Waals surface area contributed by atoms with Crippen LogP contribution in [0.5, 0.6) is 11.5 Å². The van der Waals surface area contributed by atoms with E-state index >= 15 is 0 Å². The molecule has 4 N–H and O–H groups in total. The van der Waals surface area contributed by atoms with E-state index in [1.165, 1.54) is 14.2 Å². The second-order valence-electron chi connectivity index (χ2n) is 3.67. The van der Waals surface area contributed by atoms with E-state index < -0.39 is 11.8 Å². The van der Waals surface area contributed by atoms with Crippen molar-refractivity contribution in [3.8, 4) is 11.5 Å². The first-order chi connectivity index (χ1) is 9.47. The van der Waals surface area contributed by atoms with Gasteiger partial charge in [0.1, 0.15) is 11.5 Å². The van der Waals surface area contributed by atoms with Gasteiger partial charge in [-0.05, 0) is 12.1 Å². The topological polar surface area (TPSA) is 103 Å². The van der Waals surface area contributed by atoms with Crippen molar-refractivity contribution in [3.05, 3.63) is 18.2 Å². The van der Waals surface area contributed by atoms with Crippen molar-refractivity contribution in [3.63, 3.8) is 0 Å². The van der Waals surface area contributed by atoms with Gasteiger partial charge in [-0.15, -0.1) is 0 Å². The molecule has 0 aromatic heterocycles. The highest BCUT2D eigenvalue weighted by Crippen LogP contribution is 2.28. The number of anilines is 1. The maximum Gasteiger partial charge on any atom is 0.313 e. The average Bonchev–Trinajstić information content (AvgIpc) is 2.44. The van der Waals surface area contributed by atoms with Crippen molar-refractivity contribution in [1.82, 2.24) is 5.32 Å². The highest BCUT2D eigenvalue weighted by Gasteiger charge is 2.16. The molecule has 0 atom stereocenters. The molecule has 7 nitrogen and oxygen atoms in total. The zero-order valence-corrected chi connectivity index (χ0v) is 11.9. The molecule has 0 bridgehead atoms. The van der Waals surface area contributed by atoms with Crippen LogP contribution in [0.2, 0.25) is 0 Å². The number of hydrogen-bond acceptors (Lipinski definition) is 5. The predicted octanol–water partition coefficient (Wildman–Crippen LogP) is 0.0446. The van der Waals surface area contributed by atoms with E-state index in [1.807, 2.05) is 0 Å². The normalized spacial score (nSPS) is 9.50. The van der Waals surface area contributed by atoms with Crippen LogP contribution in [0.1, 0.15) is 0 Å². The third-order valence-corrected chi connectivity index (χ3v) is 2.43. The van der Waals surface area contributed by atoms with Gasteiger partial charge in [-0.1, -0.05) is 12.2 Å². The van der Waals surface area contributed by atoms with Crippen LogP contribution in [-0.4, -0.2) is 37.6 Å². The number of ether oxygens (including phenoxy) is 2. The van der Waals surface area contributed by atoms with Gasteiger partial charge < -0.3 is 25.8 Å². The lowest BCUT2D eigenvalue weighted by atomic mass is 10.2. The maximum absolute atomic E-state index is 11.7. The van der Waals surface area contributed by atoms with E-state index in [2.05, 4.69) is 22.9 Å². The molecule has 0 heterocycles. The van der Waals surface area contributed by atoms with Gasteiger partial charge >= 0.3 is 11.8 Å². The Bertz CT molecular complexity index is 533. The molecule has 0 spiro atoms. The Hall–Kier alpha value is -2.35. The Morgan fingerprint density at radius 1 is 1.25 bits per heavy atom. The molecule has 108 valence electrons. The van der Waals surface area contributed by atoms with Gasteiger partial charge in [0.25, 0.3) is 0 Å².